The molecule has 1 amide bonds. The summed E-state index contributed by atoms with van der Waals surface area (Å²) in [5, 5.41) is 12.2. The third-order valence-electron chi connectivity index (χ3n) is 2.77. The summed E-state index contributed by atoms with van der Waals surface area (Å²) in [5.74, 6) is 1.45. The van der Waals surface area contributed by atoms with Crippen LogP contribution in [0.3, 0.4) is 0 Å². The number of fused-ring (bicyclic) bond motifs is 1. The zero-order chi connectivity index (χ0) is 14.8. The number of ether oxygens (including phenoxy) is 1. The SMILES string of the molecule is O=C(COc1ccc(Cl)cc1Cl)Nc1nnc2n1CCS2. The van der Waals surface area contributed by atoms with E-state index in [0.717, 1.165) is 17.5 Å². The van der Waals surface area contributed by atoms with Gasteiger partial charge in [-0.3, -0.25) is 14.7 Å². The van der Waals surface area contributed by atoms with Gasteiger partial charge in [0.05, 0.1) is 5.02 Å². The van der Waals surface area contributed by atoms with Gasteiger partial charge in [-0.2, -0.15) is 0 Å². The second-order valence-electron chi connectivity index (χ2n) is 4.22. The lowest BCUT2D eigenvalue weighted by atomic mass is 10.3. The first-order chi connectivity index (χ1) is 10.1. The van der Waals surface area contributed by atoms with Crippen molar-refractivity contribution in [2.75, 3.05) is 17.7 Å². The molecule has 0 radical (unpaired) electrons. The monoisotopic (exact) mass is 344 g/mol. The molecule has 9 heteroatoms. The zero-order valence-corrected chi connectivity index (χ0v) is 13.0. The van der Waals surface area contributed by atoms with E-state index in [1.165, 1.54) is 0 Å². The fourth-order valence-corrected chi connectivity index (χ4v) is 3.17. The maximum Gasteiger partial charge on any atom is 0.264 e. The van der Waals surface area contributed by atoms with E-state index in [1.54, 1.807) is 30.0 Å². The molecule has 0 saturated heterocycles. The zero-order valence-electron chi connectivity index (χ0n) is 10.7. The van der Waals surface area contributed by atoms with Gasteiger partial charge in [0.1, 0.15) is 5.75 Å². The molecule has 0 unspecified atom stereocenters. The number of anilines is 1. The highest BCUT2D eigenvalue weighted by Gasteiger charge is 2.19. The van der Waals surface area contributed by atoms with Crippen molar-refractivity contribution in [2.45, 2.75) is 11.7 Å². The smallest absolute Gasteiger partial charge is 0.264 e. The molecule has 110 valence electrons. The van der Waals surface area contributed by atoms with Crippen LogP contribution in [0.2, 0.25) is 10.0 Å². The summed E-state index contributed by atoms with van der Waals surface area (Å²) in [6, 6.07) is 4.81. The molecule has 2 heterocycles. The van der Waals surface area contributed by atoms with Crippen LogP contribution in [0, 0.1) is 0 Å². The molecule has 1 aliphatic rings. The minimum Gasteiger partial charge on any atom is -0.482 e. The number of aromatic nitrogens is 3. The molecule has 21 heavy (non-hydrogen) atoms. The van der Waals surface area contributed by atoms with Crippen LogP contribution in [0.1, 0.15) is 0 Å². The number of amides is 1. The molecular formula is C12H10Cl2N4O2S. The average Bonchev–Trinajstić information content (AvgIpc) is 3.03. The van der Waals surface area contributed by atoms with Crippen molar-refractivity contribution < 1.29 is 9.53 Å². The number of thioether (sulfide) groups is 1. The van der Waals surface area contributed by atoms with Gasteiger partial charge in [0.15, 0.2) is 11.8 Å². The van der Waals surface area contributed by atoms with E-state index in [2.05, 4.69) is 15.5 Å². The van der Waals surface area contributed by atoms with E-state index in [4.69, 9.17) is 27.9 Å². The number of nitrogens with zero attached hydrogens (tertiary/aromatic N) is 3. The van der Waals surface area contributed by atoms with Crippen molar-refractivity contribution in [3.8, 4) is 5.75 Å². The van der Waals surface area contributed by atoms with Crippen molar-refractivity contribution in [1.82, 2.24) is 14.8 Å². The normalized spacial score (nSPS) is 13.0. The molecule has 2 aromatic rings. The first kappa shape index (κ1) is 14.5. The Morgan fingerprint density at radius 3 is 3.10 bits per heavy atom. The molecule has 1 aromatic heterocycles. The van der Waals surface area contributed by atoms with Crippen molar-refractivity contribution in [3.63, 3.8) is 0 Å². The lowest BCUT2D eigenvalue weighted by Crippen LogP contribution is -2.22. The second-order valence-corrected chi connectivity index (χ2v) is 6.12. The summed E-state index contributed by atoms with van der Waals surface area (Å²) in [5.41, 5.74) is 0. The van der Waals surface area contributed by atoms with Gasteiger partial charge in [-0.15, -0.1) is 10.2 Å². The van der Waals surface area contributed by atoms with E-state index < -0.39 is 0 Å². The molecule has 1 aliphatic heterocycles. The number of benzene rings is 1. The largest absolute Gasteiger partial charge is 0.482 e. The van der Waals surface area contributed by atoms with Crippen LogP contribution in [0.4, 0.5) is 5.95 Å². The van der Waals surface area contributed by atoms with Gasteiger partial charge in [0.25, 0.3) is 5.91 Å². The fraction of sp³-hybridized carbons (Fsp3) is 0.250. The van der Waals surface area contributed by atoms with Crippen molar-refractivity contribution >= 4 is 46.8 Å². The topological polar surface area (TPSA) is 69.0 Å². The highest BCUT2D eigenvalue weighted by molar-refractivity contribution is 7.99. The van der Waals surface area contributed by atoms with E-state index in [1.807, 2.05) is 4.57 Å². The van der Waals surface area contributed by atoms with Crippen LogP contribution in [0.5, 0.6) is 5.75 Å². The molecular weight excluding hydrogens is 335 g/mol. The van der Waals surface area contributed by atoms with Gasteiger partial charge in [0, 0.05) is 17.3 Å². The number of carbonyl (C=O) groups is 1. The molecule has 0 fully saturated rings. The average molecular weight is 345 g/mol. The first-order valence-electron chi connectivity index (χ1n) is 6.07. The minimum atomic E-state index is -0.326. The standard InChI is InChI=1S/C12H10Cl2N4O2S/c13-7-1-2-9(8(14)5-7)20-6-10(19)15-11-16-17-12-18(11)3-4-21-12/h1-2,5H,3-4,6H2,(H,15,16,19). The van der Waals surface area contributed by atoms with Crippen LogP contribution in [0.25, 0.3) is 0 Å². The fourth-order valence-electron chi connectivity index (χ4n) is 1.81. The van der Waals surface area contributed by atoms with E-state index in [-0.39, 0.29) is 12.5 Å². The van der Waals surface area contributed by atoms with Crippen LogP contribution < -0.4 is 10.1 Å². The third kappa shape index (κ3) is 3.25. The molecule has 0 atom stereocenters. The Hall–Kier alpha value is -1.44. The summed E-state index contributed by atoms with van der Waals surface area (Å²) in [6.07, 6.45) is 0. The summed E-state index contributed by atoms with van der Waals surface area (Å²) < 4.78 is 7.22. The Morgan fingerprint density at radius 1 is 1.43 bits per heavy atom. The number of rotatable bonds is 4. The minimum absolute atomic E-state index is 0.170. The van der Waals surface area contributed by atoms with Crippen molar-refractivity contribution in [1.29, 1.82) is 0 Å². The van der Waals surface area contributed by atoms with Crippen molar-refractivity contribution in [2.24, 2.45) is 0 Å². The Morgan fingerprint density at radius 2 is 2.29 bits per heavy atom. The summed E-state index contributed by atoms with van der Waals surface area (Å²) in [7, 11) is 0. The summed E-state index contributed by atoms with van der Waals surface area (Å²) in [6.45, 7) is 0.614. The molecule has 1 N–H and O–H groups in total. The number of halogens is 2. The van der Waals surface area contributed by atoms with Crippen LogP contribution in [-0.4, -0.2) is 33.0 Å². The van der Waals surface area contributed by atoms with Crippen molar-refractivity contribution in [3.05, 3.63) is 28.2 Å². The number of carbonyl (C=O) groups excluding carboxylic acids is 1. The lowest BCUT2D eigenvalue weighted by molar-refractivity contribution is -0.118. The quantitative estimate of drug-likeness (QED) is 0.923. The maximum absolute atomic E-state index is 11.9. The summed E-state index contributed by atoms with van der Waals surface area (Å²) in [4.78, 5) is 11.9. The number of hydrogen-bond acceptors (Lipinski definition) is 5. The summed E-state index contributed by atoms with van der Waals surface area (Å²) >= 11 is 13.4. The van der Waals surface area contributed by atoms with Crippen LogP contribution >= 0.6 is 35.0 Å². The maximum atomic E-state index is 11.9. The second kappa shape index (κ2) is 6.13. The lowest BCUT2D eigenvalue weighted by Gasteiger charge is -2.08. The van der Waals surface area contributed by atoms with Gasteiger partial charge >= 0.3 is 0 Å². The van der Waals surface area contributed by atoms with Gasteiger partial charge < -0.3 is 4.74 Å². The first-order valence-corrected chi connectivity index (χ1v) is 7.81. The molecule has 6 nitrogen and oxygen atoms in total. The van der Waals surface area contributed by atoms with Gasteiger partial charge in [-0.1, -0.05) is 35.0 Å². The molecule has 0 spiro atoms. The van der Waals surface area contributed by atoms with Gasteiger partial charge in [-0.25, -0.2) is 0 Å². The molecule has 3 rings (SSSR count). The molecule has 0 bridgehead atoms. The Labute approximate surface area is 134 Å². The number of nitrogens with one attached hydrogen (secondary N) is 1. The van der Waals surface area contributed by atoms with Crippen LogP contribution in [-0.2, 0) is 11.3 Å². The van der Waals surface area contributed by atoms with Crippen LogP contribution in [0.15, 0.2) is 23.4 Å². The third-order valence-corrected chi connectivity index (χ3v) is 4.24. The van der Waals surface area contributed by atoms with E-state index in [9.17, 15) is 4.79 Å². The Kier molecular flexibility index (Phi) is 4.23. The molecule has 0 aliphatic carbocycles. The Balaban J connectivity index is 1.59. The highest BCUT2D eigenvalue weighted by Crippen LogP contribution is 2.28. The molecule has 0 saturated carbocycles. The predicted octanol–water partition coefficient (Wildman–Crippen LogP) is 2.71. The molecule has 1 aromatic carbocycles. The van der Waals surface area contributed by atoms with E-state index >= 15 is 0 Å². The number of hydrogen-bond donors (Lipinski definition) is 1. The van der Waals surface area contributed by atoms with Gasteiger partial charge in [0.2, 0.25) is 5.95 Å². The predicted molar refractivity (Wildman–Crippen MR) is 81.3 cm³/mol. The Bertz CT molecular complexity index is 692. The van der Waals surface area contributed by atoms with Gasteiger partial charge in [-0.05, 0) is 18.2 Å². The van der Waals surface area contributed by atoms with E-state index in [0.29, 0.717) is 21.7 Å². The highest BCUT2D eigenvalue weighted by atomic mass is 35.5.